The first-order valence-electron chi connectivity index (χ1n) is 9.30. The van der Waals surface area contributed by atoms with E-state index in [1.165, 1.54) is 0 Å². The van der Waals surface area contributed by atoms with Gasteiger partial charge in [-0.05, 0) is 43.1 Å². The van der Waals surface area contributed by atoms with Crippen molar-refractivity contribution < 1.29 is 9.32 Å². The van der Waals surface area contributed by atoms with Gasteiger partial charge < -0.3 is 14.7 Å². The van der Waals surface area contributed by atoms with Gasteiger partial charge in [0.2, 0.25) is 5.76 Å². The molecule has 4 rings (SSSR count). The molecule has 26 heavy (non-hydrogen) atoms. The van der Waals surface area contributed by atoms with Crippen molar-refractivity contribution in [2.75, 3.05) is 18.4 Å². The normalized spacial score (nSPS) is 24.9. The highest BCUT2D eigenvalue weighted by Crippen LogP contribution is 2.49. The van der Waals surface area contributed by atoms with Crippen molar-refractivity contribution in [1.29, 1.82) is 0 Å². The average molecular weight is 355 g/mol. The molecule has 1 amide bonds. The quantitative estimate of drug-likeness (QED) is 0.888. The summed E-state index contributed by atoms with van der Waals surface area (Å²) in [6.07, 6.45) is 7.30. The molecule has 0 atom stereocenters. The van der Waals surface area contributed by atoms with Crippen LogP contribution in [0.4, 0.5) is 5.82 Å². The molecule has 1 spiro atoms. The zero-order valence-corrected chi connectivity index (χ0v) is 15.3. The number of anilines is 1. The van der Waals surface area contributed by atoms with Gasteiger partial charge in [-0.2, -0.15) is 0 Å². The monoisotopic (exact) mass is 355 g/mol. The van der Waals surface area contributed by atoms with E-state index in [9.17, 15) is 4.79 Å². The minimum atomic E-state index is -0.0309. The summed E-state index contributed by atoms with van der Waals surface area (Å²) in [6, 6.07) is 4.10. The Labute approximate surface area is 153 Å². The Morgan fingerprint density at radius 1 is 1.46 bits per heavy atom. The van der Waals surface area contributed by atoms with Crippen molar-refractivity contribution in [3.8, 4) is 0 Å². The van der Waals surface area contributed by atoms with E-state index in [1.54, 1.807) is 18.6 Å². The number of amides is 1. The van der Waals surface area contributed by atoms with Crippen molar-refractivity contribution in [3.63, 3.8) is 0 Å². The molecule has 7 heteroatoms. The topological polar surface area (TPSA) is 84.2 Å². The number of carbonyl (C=O) groups is 1. The predicted molar refractivity (Wildman–Crippen MR) is 96.7 cm³/mol. The highest BCUT2D eigenvalue weighted by atomic mass is 16.5. The van der Waals surface area contributed by atoms with Crippen molar-refractivity contribution in [3.05, 3.63) is 36.1 Å². The molecular weight excluding hydrogens is 330 g/mol. The van der Waals surface area contributed by atoms with Gasteiger partial charge in [0.25, 0.3) is 5.91 Å². The molecule has 1 aliphatic carbocycles. The third kappa shape index (κ3) is 3.43. The van der Waals surface area contributed by atoms with Crippen molar-refractivity contribution in [1.82, 2.24) is 20.0 Å². The van der Waals surface area contributed by atoms with Crippen LogP contribution in [0.2, 0.25) is 0 Å². The van der Waals surface area contributed by atoms with Crippen LogP contribution in [-0.4, -0.2) is 45.1 Å². The minimum Gasteiger partial charge on any atom is -0.367 e. The maximum atomic E-state index is 12.7. The van der Waals surface area contributed by atoms with Gasteiger partial charge in [0, 0.05) is 31.4 Å². The largest absolute Gasteiger partial charge is 0.367 e. The van der Waals surface area contributed by atoms with Crippen LogP contribution in [0.1, 0.15) is 49.4 Å². The van der Waals surface area contributed by atoms with E-state index in [1.807, 2.05) is 11.0 Å². The summed E-state index contributed by atoms with van der Waals surface area (Å²) < 4.78 is 5.29. The number of hydrogen-bond acceptors (Lipinski definition) is 6. The highest BCUT2D eigenvalue weighted by Gasteiger charge is 2.49. The van der Waals surface area contributed by atoms with E-state index in [4.69, 9.17) is 4.52 Å². The molecule has 0 radical (unpaired) electrons. The average Bonchev–Trinajstić information content (AvgIpc) is 3.22. The van der Waals surface area contributed by atoms with Crippen LogP contribution in [0.25, 0.3) is 0 Å². The van der Waals surface area contributed by atoms with Crippen LogP contribution >= 0.6 is 0 Å². The van der Waals surface area contributed by atoms with Crippen molar-refractivity contribution in [2.45, 2.75) is 45.6 Å². The van der Waals surface area contributed by atoms with Gasteiger partial charge >= 0.3 is 0 Å². The van der Waals surface area contributed by atoms with E-state index in [2.05, 4.69) is 34.3 Å². The van der Waals surface area contributed by atoms with Crippen LogP contribution in [0.15, 0.2) is 29.2 Å². The summed E-state index contributed by atoms with van der Waals surface area (Å²) in [5.74, 6) is 1.70. The standard InChI is InChI=1S/C19H25N5O2/c1-13(2)7-14-8-16(26-23-14)18(25)24-6-4-19(11-24)9-15(10-19)22-17-3-5-20-12-21-17/h3,5,8,12-13,15H,4,6-7,9-11H2,1-2H3,(H,20,21,22). The van der Waals surface area contributed by atoms with Crippen LogP contribution < -0.4 is 5.32 Å². The molecule has 138 valence electrons. The molecule has 2 aliphatic rings. The molecule has 0 unspecified atom stereocenters. The Morgan fingerprint density at radius 3 is 3.04 bits per heavy atom. The van der Waals surface area contributed by atoms with Gasteiger partial charge in [-0.3, -0.25) is 4.79 Å². The second-order valence-electron chi connectivity index (χ2n) is 8.10. The van der Waals surface area contributed by atoms with Crippen LogP contribution in [0.3, 0.4) is 0 Å². The third-order valence-corrected chi connectivity index (χ3v) is 5.41. The molecule has 0 aromatic carbocycles. The van der Waals surface area contributed by atoms with Gasteiger partial charge in [0.1, 0.15) is 12.1 Å². The summed E-state index contributed by atoms with van der Waals surface area (Å²) in [5, 5.41) is 7.48. The zero-order chi connectivity index (χ0) is 18.1. The smallest absolute Gasteiger partial charge is 0.292 e. The summed E-state index contributed by atoms with van der Waals surface area (Å²) in [4.78, 5) is 22.8. The summed E-state index contributed by atoms with van der Waals surface area (Å²) >= 11 is 0. The zero-order valence-electron chi connectivity index (χ0n) is 15.3. The lowest BCUT2D eigenvalue weighted by Crippen LogP contribution is -2.47. The van der Waals surface area contributed by atoms with Crippen LogP contribution in [0.5, 0.6) is 0 Å². The lowest BCUT2D eigenvalue weighted by molar-refractivity contribution is 0.0677. The Balaban J connectivity index is 1.31. The van der Waals surface area contributed by atoms with E-state index >= 15 is 0 Å². The summed E-state index contributed by atoms with van der Waals surface area (Å²) in [5.41, 5.74) is 1.09. The Bertz CT molecular complexity index is 767. The first-order chi connectivity index (χ1) is 12.5. The van der Waals surface area contributed by atoms with E-state index in [-0.39, 0.29) is 11.3 Å². The fourth-order valence-electron chi connectivity index (χ4n) is 4.20. The van der Waals surface area contributed by atoms with Gasteiger partial charge in [-0.1, -0.05) is 19.0 Å². The molecule has 1 aliphatic heterocycles. The van der Waals surface area contributed by atoms with Gasteiger partial charge in [0.05, 0.1) is 5.69 Å². The molecule has 1 saturated heterocycles. The number of nitrogens with one attached hydrogen (secondary N) is 1. The lowest BCUT2D eigenvalue weighted by Gasteiger charge is -2.45. The Hall–Kier alpha value is -2.44. The molecule has 2 aromatic rings. The maximum Gasteiger partial charge on any atom is 0.292 e. The molecule has 2 aromatic heterocycles. The lowest BCUT2D eigenvalue weighted by atomic mass is 9.65. The SMILES string of the molecule is CC(C)Cc1cc(C(=O)N2CCC3(CC(Nc4ccncn4)C3)C2)on1. The summed E-state index contributed by atoms with van der Waals surface area (Å²) in [6.45, 7) is 5.85. The molecule has 0 bridgehead atoms. The van der Waals surface area contributed by atoms with Crippen molar-refractivity contribution >= 4 is 11.7 Å². The highest BCUT2D eigenvalue weighted by molar-refractivity contribution is 5.91. The third-order valence-electron chi connectivity index (χ3n) is 5.41. The Kier molecular flexibility index (Phi) is 4.38. The summed E-state index contributed by atoms with van der Waals surface area (Å²) in [7, 11) is 0. The minimum absolute atomic E-state index is 0.0309. The van der Waals surface area contributed by atoms with Crippen molar-refractivity contribution in [2.24, 2.45) is 11.3 Å². The van der Waals surface area contributed by atoms with Crippen LogP contribution in [0, 0.1) is 11.3 Å². The number of carbonyl (C=O) groups excluding carboxylic acids is 1. The predicted octanol–water partition coefficient (Wildman–Crippen LogP) is 2.77. The first-order valence-corrected chi connectivity index (χ1v) is 9.30. The number of hydrogen-bond donors (Lipinski definition) is 1. The number of aromatic nitrogens is 3. The van der Waals surface area contributed by atoms with Gasteiger partial charge in [-0.15, -0.1) is 0 Å². The van der Waals surface area contributed by atoms with E-state index in [0.717, 1.165) is 50.3 Å². The maximum absolute atomic E-state index is 12.7. The molecular formula is C19H25N5O2. The molecule has 2 fully saturated rings. The van der Waals surface area contributed by atoms with Gasteiger partial charge in [-0.25, -0.2) is 9.97 Å². The Morgan fingerprint density at radius 2 is 2.31 bits per heavy atom. The number of rotatable bonds is 5. The van der Waals surface area contributed by atoms with E-state index < -0.39 is 0 Å². The molecule has 3 heterocycles. The number of nitrogens with zero attached hydrogens (tertiary/aromatic N) is 4. The number of likely N-dealkylation sites (tertiary alicyclic amines) is 1. The fraction of sp³-hybridized carbons (Fsp3) is 0.579. The fourth-order valence-corrected chi connectivity index (χ4v) is 4.20. The van der Waals surface area contributed by atoms with Gasteiger partial charge in [0.15, 0.2) is 0 Å². The molecule has 1 N–H and O–H groups in total. The van der Waals surface area contributed by atoms with Crippen LogP contribution in [-0.2, 0) is 6.42 Å². The second kappa shape index (κ2) is 6.70. The first kappa shape index (κ1) is 17.0. The molecule has 1 saturated carbocycles. The molecule has 7 nitrogen and oxygen atoms in total. The second-order valence-corrected chi connectivity index (χ2v) is 8.10. The van der Waals surface area contributed by atoms with E-state index in [0.29, 0.717) is 17.7 Å².